The fourth-order valence-electron chi connectivity index (χ4n) is 3.79. The van der Waals surface area contributed by atoms with Crippen LogP contribution in [-0.2, 0) is 0 Å². The molecule has 1 aromatic rings. The number of benzene rings is 1. The van der Waals surface area contributed by atoms with Crippen molar-refractivity contribution in [2.24, 2.45) is 11.7 Å². The standard InChI is InChI=1S/C18H30N2O/c1-4-20(18-11-6-5-8-16(18)13-19)14(2)15-9-7-10-17(12-15)21-3/h7,9-10,12,14,16,18H,4-6,8,11,13,19H2,1-3H3. The number of methoxy groups -OCH3 is 1. The number of hydrogen-bond acceptors (Lipinski definition) is 3. The van der Waals surface area contributed by atoms with Crippen molar-refractivity contribution in [3.8, 4) is 5.75 Å². The summed E-state index contributed by atoms with van der Waals surface area (Å²) in [7, 11) is 1.73. The minimum absolute atomic E-state index is 0.405. The molecule has 0 bridgehead atoms. The second kappa shape index (κ2) is 7.81. The van der Waals surface area contributed by atoms with Crippen molar-refractivity contribution in [3.05, 3.63) is 29.8 Å². The molecule has 2 rings (SSSR count). The SMILES string of the molecule is CCN(C(C)c1cccc(OC)c1)C1CCCCC1CN. The summed E-state index contributed by atoms with van der Waals surface area (Å²) in [6.07, 6.45) is 5.23. The van der Waals surface area contributed by atoms with E-state index in [1.807, 2.05) is 6.07 Å². The van der Waals surface area contributed by atoms with Gasteiger partial charge in [-0.3, -0.25) is 4.90 Å². The second-order valence-corrected chi connectivity index (χ2v) is 6.13. The molecule has 1 aromatic carbocycles. The topological polar surface area (TPSA) is 38.5 Å². The largest absolute Gasteiger partial charge is 0.497 e. The van der Waals surface area contributed by atoms with Gasteiger partial charge >= 0.3 is 0 Å². The van der Waals surface area contributed by atoms with Crippen molar-refractivity contribution >= 4 is 0 Å². The Labute approximate surface area is 129 Å². The van der Waals surface area contributed by atoms with Gasteiger partial charge in [-0.25, -0.2) is 0 Å². The molecular weight excluding hydrogens is 260 g/mol. The normalized spacial score (nSPS) is 24.0. The number of ether oxygens (including phenoxy) is 1. The van der Waals surface area contributed by atoms with E-state index < -0.39 is 0 Å². The highest BCUT2D eigenvalue weighted by Gasteiger charge is 2.31. The summed E-state index contributed by atoms with van der Waals surface area (Å²) < 4.78 is 5.37. The van der Waals surface area contributed by atoms with E-state index in [-0.39, 0.29) is 0 Å². The van der Waals surface area contributed by atoms with Crippen LogP contribution < -0.4 is 10.5 Å². The lowest BCUT2D eigenvalue weighted by Crippen LogP contribution is -2.46. The van der Waals surface area contributed by atoms with Gasteiger partial charge in [0.25, 0.3) is 0 Å². The first kappa shape index (κ1) is 16.3. The molecule has 0 heterocycles. The first-order chi connectivity index (χ1) is 10.2. The fourth-order valence-corrected chi connectivity index (χ4v) is 3.79. The van der Waals surface area contributed by atoms with E-state index in [1.54, 1.807) is 7.11 Å². The van der Waals surface area contributed by atoms with E-state index in [1.165, 1.54) is 31.2 Å². The maximum Gasteiger partial charge on any atom is 0.119 e. The van der Waals surface area contributed by atoms with Crippen LogP contribution >= 0.6 is 0 Å². The minimum atomic E-state index is 0.405. The highest BCUT2D eigenvalue weighted by Crippen LogP contribution is 2.33. The van der Waals surface area contributed by atoms with Gasteiger partial charge in [0, 0.05) is 12.1 Å². The van der Waals surface area contributed by atoms with Crippen LogP contribution in [0.1, 0.15) is 51.1 Å². The van der Waals surface area contributed by atoms with Crippen molar-refractivity contribution in [2.45, 2.75) is 51.6 Å². The third-order valence-corrected chi connectivity index (χ3v) is 5.04. The summed E-state index contributed by atoms with van der Waals surface area (Å²) in [6, 6.07) is 9.48. The van der Waals surface area contributed by atoms with E-state index in [2.05, 4.69) is 36.9 Å². The molecule has 118 valence electrons. The smallest absolute Gasteiger partial charge is 0.119 e. The fraction of sp³-hybridized carbons (Fsp3) is 0.667. The molecule has 3 nitrogen and oxygen atoms in total. The Morgan fingerprint density at radius 3 is 2.76 bits per heavy atom. The van der Waals surface area contributed by atoms with Gasteiger partial charge in [-0.2, -0.15) is 0 Å². The van der Waals surface area contributed by atoms with Crippen LogP contribution in [-0.4, -0.2) is 31.1 Å². The van der Waals surface area contributed by atoms with Crippen LogP contribution in [0.15, 0.2) is 24.3 Å². The Kier molecular flexibility index (Phi) is 6.07. The summed E-state index contributed by atoms with van der Waals surface area (Å²) >= 11 is 0. The van der Waals surface area contributed by atoms with Crippen molar-refractivity contribution in [2.75, 3.05) is 20.2 Å². The van der Waals surface area contributed by atoms with Gasteiger partial charge in [-0.15, -0.1) is 0 Å². The Morgan fingerprint density at radius 1 is 1.33 bits per heavy atom. The third kappa shape index (κ3) is 3.78. The van der Waals surface area contributed by atoms with E-state index in [0.29, 0.717) is 18.0 Å². The Bertz CT molecular complexity index is 435. The van der Waals surface area contributed by atoms with Crippen LogP contribution in [0.2, 0.25) is 0 Å². The Balaban J connectivity index is 2.18. The Hall–Kier alpha value is -1.06. The zero-order valence-corrected chi connectivity index (χ0v) is 13.7. The predicted molar refractivity (Wildman–Crippen MR) is 88.6 cm³/mol. The van der Waals surface area contributed by atoms with Crippen LogP contribution in [0, 0.1) is 5.92 Å². The van der Waals surface area contributed by atoms with Crippen LogP contribution in [0.5, 0.6) is 5.75 Å². The first-order valence-electron chi connectivity index (χ1n) is 8.31. The third-order valence-electron chi connectivity index (χ3n) is 5.04. The van der Waals surface area contributed by atoms with Gasteiger partial charge in [0.2, 0.25) is 0 Å². The van der Waals surface area contributed by atoms with Crippen LogP contribution in [0.3, 0.4) is 0 Å². The van der Waals surface area contributed by atoms with E-state index >= 15 is 0 Å². The summed E-state index contributed by atoms with van der Waals surface area (Å²) in [5, 5.41) is 0. The molecule has 0 radical (unpaired) electrons. The molecule has 2 N–H and O–H groups in total. The van der Waals surface area contributed by atoms with Gasteiger partial charge in [0.1, 0.15) is 5.75 Å². The van der Waals surface area contributed by atoms with E-state index in [4.69, 9.17) is 10.5 Å². The molecule has 0 spiro atoms. The zero-order valence-electron chi connectivity index (χ0n) is 13.7. The molecule has 1 fully saturated rings. The van der Waals surface area contributed by atoms with Crippen molar-refractivity contribution in [1.82, 2.24) is 4.90 Å². The molecule has 21 heavy (non-hydrogen) atoms. The van der Waals surface area contributed by atoms with Gasteiger partial charge in [-0.1, -0.05) is 31.9 Å². The van der Waals surface area contributed by atoms with Gasteiger partial charge < -0.3 is 10.5 Å². The number of nitrogens with two attached hydrogens (primary N) is 1. The van der Waals surface area contributed by atoms with Crippen molar-refractivity contribution < 1.29 is 4.74 Å². The highest BCUT2D eigenvalue weighted by atomic mass is 16.5. The molecule has 1 aliphatic rings. The molecule has 0 saturated heterocycles. The van der Waals surface area contributed by atoms with Gasteiger partial charge in [0.05, 0.1) is 7.11 Å². The molecule has 3 unspecified atom stereocenters. The molecular formula is C18H30N2O. The predicted octanol–water partition coefficient (Wildman–Crippen LogP) is 3.60. The monoisotopic (exact) mass is 290 g/mol. The van der Waals surface area contributed by atoms with E-state index in [0.717, 1.165) is 18.8 Å². The molecule has 1 saturated carbocycles. The average Bonchev–Trinajstić information content (AvgIpc) is 2.56. The molecule has 0 aliphatic heterocycles. The summed E-state index contributed by atoms with van der Waals surface area (Å²) in [5.41, 5.74) is 7.36. The second-order valence-electron chi connectivity index (χ2n) is 6.13. The van der Waals surface area contributed by atoms with Crippen molar-refractivity contribution in [1.29, 1.82) is 0 Å². The minimum Gasteiger partial charge on any atom is -0.497 e. The first-order valence-corrected chi connectivity index (χ1v) is 8.31. The Morgan fingerprint density at radius 2 is 2.10 bits per heavy atom. The number of rotatable bonds is 6. The molecule has 0 aromatic heterocycles. The quantitative estimate of drug-likeness (QED) is 0.870. The molecule has 0 amide bonds. The number of nitrogens with zero attached hydrogens (tertiary/aromatic N) is 1. The lowest BCUT2D eigenvalue weighted by atomic mass is 9.82. The van der Waals surface area contributed by atoms with Crippen LogP contribution in [0.25, 0.3) is 0 Å². The lowest BCUT2D eigenvalue weighted by Gasteiger charge is -2.42. The average molecular weight is 290 g/mol. The summed E-state index contributed by atoms with van der Waals surface area (Å²) in [5.74, 6) is 1.58. The summed E-state index contributed by atoms with van der Waals surface area (Å²) in [6.45, 7) is 6.45. The maximum atomic E-state index is 6.02. The summed E-state index contributed by atoms with van der Waals surface area (Å²) in [4.78, 5) is 2.63. The van der Waals surface area contributed by atoms with Gasteiger partial charge in [0.15, 0.2) is 0 Å². The van der Waals surface area contributed by atoms with Crippen molar-refractivity contribution in [3.63, 3.8) is 0 Å². The highest BCUT2D eigenvalue weighted by molar-refractivity contribution is 5.30. The van der Waals surface area contributed by atoms with Crippen LogP contribution in [0.4, 0.5) is 0 Å². The van der Waals surface area contributed by atoms with Gasteiger partial charge in [-0.05, 0) is 56.5 Å². The zero-order chi connectivity index (χ0) is 15.2. The number of hydrogen-bond donors (Lipinski definition) is 1. The van der Waals surface area contributed by atoms with E-state index in [9.17, 15) is 0 Å². The molecule has 3 atom stereocenters. The lowest BCUT2D eigenvalue weighted by molar-refractivity contribution is 0.0769. The maximum absolute atomic E-state index is 6.02. The molecule has 3 heteroatoms. The molecule has 1 aliphatic carbocycles.